The predicted octanol–water partition coefficient (Wildman–Crippen LogP) is 2.69. The number of fused-ring (bicyclic) bond motifs is 3. The smallest absolute Gasteiger partial charge is 0.310 e. The van der Waals surface area contributed by atoms with E-state index in [0.717, 1.165) is 94.6 Å². The summed E-state index contributed by atoms with van der Waals surface area (Å²) in [5.41, 5.74) is 7.89. The molecule has 1 amide bonds. The van der Waals surface area contributed by atoms with Crippen LogP contribution in [0.1, 0.15) is 73.6 Å². The summed E-state index contributed by atoms with van der Waals surface area (Å²) >= 11 is 0. The van der Waals surface area contributed by atoms with Crippen LogP contribution in [0.4, 0.5) is 0 Å². The largest absolute Gasteiger partial charge is 0.502 e. The average molecular weight is 684 g/mol. The highest BCUT2D eigenvalue weighted by atomic mass is 16.7. The Bertz CT molecular complexity index is 1380. The van der Waals surface area contributed by atoms with Crippen molar-refractivity contribution in [2.24, 2.45) is 17.6 Å². The molecule has 1 saturated heterocycles. The molecule has 2 heterocycles. The number of esters is 1. The van der Waals surface area contributed by atoms with Gasteiger partial charge in [-0.15, -0.1) is 0 Å². The molecular weight excluding hydrogens is 630 g/mol. The number of benzene rings is 2. The zero-order valence-corrected chi connectivity index (χ0v) is 28.8. The number of cyclic esters (lactones) is 1. The molecule has 3 aliphatic rings. The van der Waals surface area contributed by atoms with Crippen molar-refractivity contribution in [2.75, 3.05) is 73.4 Å². The van der Waals surface area contributed by atoms with Crippen molar-refractivity contribution in [1.82, 2.24) is 21.3 Å². The van der Waals surface area contributed by atoms with Crippen LogP contribution in [-0.2, 0) is 14.3 Å². The van der Waals surface area contributed by atoms with Crippen molar-refractivity contribution < 1.29 is 38.4 Å². The number of carbonyl (C=O) groups is 2. The summed E-state index contributed by atoms with van der Waals surface area (Å²) in [6.45, 7) is 6.86. The Morgan fingerprint density at radius 3 is 2.00 bits per heavy atom. The Hall–Kier alpha value is -3.78. The molecule has 0 radical (unpaired) electrons. The second-order valence-corrected chi connectivity index (χ2v) is 12.9. The van der Waals surface area contributed by atoms with Crippen molar-refractivity contribution in [3.05, 3.63) is 41.0 Å². The van der Waals surface area contributed by atoms with Crippen molar-refractivity contribution >= 4 is 11.9 Å². The van der Waals surface area contributed by atoms with E-state index in [4.69, 9.17) is 29.4 Å². The van der Waals surface area contributed by atoms with Crippen LogP contribution < -0.4 is 45.9 Å². The molecule has 2 aromatic rings. The van der Waals surface area contributed by atoms with E-state index in [1.165, 1.54) is 20.6 Å². The van der Waals surface area contributed by atoms with Crippen LogP contribution >= 0.6 is 0 Å². The molecule has 2 aromatic carbocycles. The van der Waals surface area contributed by atoms with Gasteiger partial charge in [-0.25, -0.2) is 0 Å². The topological polar surface area (TPSA) is 175 Å². The minimum atomic E-state index is -0.584. The number of methoxy groups -OCH3 is 2. The molecule has 13 heteroatoms. The molecule has 0 bridgehead atoms. The lowest BCUT2D eigenvalue weighted by Crippen LogP contribution is -2.42. The third kappa shape index (κ3) is 9.07. The van der Waals surface area contributed by atoms with Crippen molar-refractivity contribution in [2.45, 2.75) is 56.9 Å². The fraction of sp³-hybridized carbons (Fsp3) is 0.611. The normalized spacial score (nSPS) is 20.4. The van der Waals surface area contributed by atoms with E-state index in [1.54, 1.807) is 12.1 Å². The third-order valence-electron chi connectivity index (χ3n) is 9.59. The molecule has 49 heavy (non-hydrogen) atoms. The van der Waals surface area contributed by atoms with Gasteiger partial charge in [0, 0.05) is 18.3 Å². The molecule has 0 aromatic heterocycles. The Kier molecular flexibility index (Phi) is 13.6. The summed E-state index contributed by atoms with van der Waals surface area (Å²) in [4.78, 5) is 26.7. The number of unbranched alkanes of at least 4 members (excludes halogenated alkanes) is 2. The maximum atomic E-state index is 13.4. The van der Waals surface area contributed by atoms with Gasteiger partial charge >= 0.3 is 5.97 Å². The SMILES string of the molecule is COc1cc(C2c3cc4c(cc3C(NC(=O)CCCCNCCCNCCCCNCCCN)C3COC(=O)C23)OCO4)cc(OC)c1O. The molecule has 4 unspecified atom stereocenters. The maximum absolute atomic E-state index is 13.4. The van der Waals surface area contributed by atoms with E-state index in [2.05, 4.69) is 21.3 Å². The van der Waals surface area contributed by atoms with Crippen LogP contribution in [0, 0.1) is 11.8 Å². The molecule has 2 aliphatic heterocycles. The van der Waals surface area contributed by atoms with E-state index >= 15 is 0 Å². The molecule has 1 aliphatic carbocycles. The van der Waals surface area contributed by atoms with Gasteiger partial charge in [-0.1, -0.05) is 0 Å². The van der Waals surface area contributed by atoms with E-state index in [-0.39, 0.29) is 48.4 Å². The fourth-order valence-corrected chi connectivity index (χ4v) is 7.06. The first-order valence-electron chi connectivity index (χ1n) is 17.6. The van der Waals surface area contributed by atoms with Gasteiger partial charge in [0.2, 0.25) is 18.4 Å². The first-order valence-corrected chi connectivity index (χ1v) is 17.6. The van der Waals surface area contributed by atoms with Crippen LogP contribution in [0.2, 0.25) is 0 Å². The average Bonchev–Trinajstić information content (AvgIpc) is 3.73. The number of hydrogen-bond donors (Lipinski definition) is 6. The lowest BCUT2D eigenvalue weighted by atomic mass is 9.65. The number of ether oxygens (including phenoxy) is 5. The van der Waals surface area contributed by atoms with Crippen LogP contribution in [0.3, 0.4) is 0 Å². The molecule has 5 rings (SSSR count). The molecule has 270 valence electrons. The van der Waals surface area contributed by atoms with E-state index in [1.807, 2.05) is 12.1 Å². The number of hydrogen-bond acceptors (Lipinski definition) is 12. The highest BCUT2D eigenvalue weighted by Gasteiger charge is 2.53. The van der Waals surface area contributed by atoms with E-state index in [0.29, 0.717) is 17.9 Å². The number of amides is 1. The molecule has 7 N–H and O–H groups in total. The van der Waals surface area contributed by atoms with Crippen LogP contribution in [0.15, 0.2) is 24.3 Å². The second-order valence-electron chi connectivity index (χ2n) is 12.9. The minimum absolute atomic E-state index is 0.0723. The summed E-state index contributed by atoms with van der Waals surface area (Å²) in [6.07, 6.45) is 6.43. The van der Waals surface area contributed by atoms with Crippen LogP contribution in [-0.4, -0.2) is 90.4 Å². The Labute approximate surface area is 288 Å². The second kappa shape index (κ2) is 18.3. The quantitative estimate of drug-likeness (QED) is 0.0840. The number of phenolic OH excluding ortho intramolecular Hbond substituents is 1. The maximum Gasteiger partial charge on any atom is 0.310 e. The summed E-state index contributed by atoms with van der Waals surface area (Å²) in [7, 11) is 2.93. The number of aromatic hydroxyl groups is 1. The van der Waals surface area contributed by atoms with E-state index < -0.39 is 17.9 Å². The minimum Gasteiger partial charge on any atom is -0.502 e. The van der Waals surface area contributed by atoms with Gasteiger partial charge in [0.1, 0.15) is 0 Å². The van der Waals surface area contributed by atoms with Gasteiger partial charge in [-0.2, -0.15) is 0 Å². The number of rotatable bonds is 21. The summed E-state index contributed by atoms with van der Waals surface area (Å²) in [6, 6.07) is 6.78. The van der Waals surface area contributed by atoms with Gasteiger partial charge in [-0.05, 0) is 125 Å². The highest BCUT2D eigenvalue weighted by molar-refractivity contribution is 5.81. The van der Waals surface area contributed by atoms with Gasteiger partial charge in [0.25, 0.3) is 0 Å². The monoisotopic (exact) mass is 683 g/mol. The third-order valence-corrected chi connectivity index (χ3v) is 9.59. The molecular formula is C36H53N5O8. The summed E-state index contributed by atoms with van der Waals surface area (Å²) < 4.78 is 28.0. The molecule has 13 nitrogen and oxygen atoms in total. The van der Waals surface area contributed by atoms with Gasteiger partial charge in [0.05, 0.1) is 32.8 Å². The standard InChI is InChI=1S/C36H53N5O8/c1-45-29-17-23(18-30(46-2)35(29)43)32-24-19-27-28(49-22-48-27)20-25(24)34(26-21-47-36(44)33(26)32)41-31(42)9-3-4-11-39-15-8-16-40-13-6-5-12-38-14-7-10-37/h17-20,26,32-34,38-40,43H,3-16,21-22,37H2,1-2H3,(H,41,42). The predicted molar refractivity (Wildman–Crippen MR) is 184 cm³/mol. The Morgan fingerprint density at radius 2 is 1.39 bits per heavy atom. The van der Waals surface area contributed by atoms with Gasteiger partial charge < -0.3 is 55.8 Å². The summed E-state index contributed by atoms with van der Waals surface area (Å²) in [5.74, 6) is -0.263. The lowest BCUT2D eigenvalue weighted by Gasteiger charge is -2.39. The zero-order chi connectivity index (χ0) is 34.6. The molecule has 0 spiro atoms. The number of nitrogens with one attached hydrogen (secondary N) is 4. The number of carbonyl (C=O) groups excluding carboxylic acids is 2. The Morgan fingerprint density at radius 1 is 0.816 bits per heavy atom. The first kappa shape index (κ1) is 36.5. The van der Waals surface area contributed by atoms with Crippen molar-refractivity contribution in [3.8, 4) is 28.7 Å². The van der Waals surface area contributed by atoms with Gasteiger partial charge in [-0.3, -0.25) is 9.59 Å². The van der Waals surface area contributed by atoms with Crippen molar-refractivity contribution in [3.63, 3.8) is 0 Å². The van der Waals surface area contributed by atoms with Crippen molar-refractivity contribution in [1.29, 1.82) is 0 Å². The highest BCUT2D eigenvalue weighted by Crippen LogP contribution is 2.55. The van der Waals surface area contributed by atoms with Crippen LogP contribution in [0.5, 0.6) is 28.7 Å². The van der Waals surface area contributed by atoms with Gasteiger partial charge in [0.15, 0.2) is 23.0 Å². The molecule has 0 saturated carbocycles. The molecule has 1 fully saturated rings. The first-order chi connectivity index (χ1) is 24.0. The lowest BCUT2D eigenvalue weighted by molar-refractivity contribution is -0.141. The van der Waals surface area contributed by atoms with Crippen LogP contribution in [0.25, 0.3) is 0 Å². The summed E-state index contributed by atoms with van der Waals surface area (Å²) in [5, 5.41) is 24.2. The Balaban J connectivity index is 1.14. The zero-order valence-electron chi connectivity index (χ0n) is 28.8. The fourth-order valence-electron chi connectivity index (χ4n) is 7.06. The number of phenols is 1. The van der Waals surface area contributed by atoms with E-state index in [9.17, 15) is 14.7 Å². The molecule has 4 atom stereocenters. The number of nitrogens with two attached hydrogens (primary N) is 1.